The van der Waals surface area contributed by atoms with Gasteiger partial charge < -0.3 is 18.9 Å². The molecule has 158 valence electrons. The van der Waals surface area contributed by atoms with Gasteiger partial charge in [0.05, 0.1) is 18.1 Å². The largest absolute Gasteiger partial charge is 0.497 e. The van der Waals surface area contributed by atoms with Gasteiger partial charge >= 0.3 is 0 Å². The molecule has 2 heterocycles. The molecule has 1 aromatic heterocycles. The number of hydrogen-bond donors (Lipinski definition) is 0. The summed E-state index contributed by atoms with van der Waals surface area (Å²) in [7, 11) is 1.61. The molecule has 0 bridgehead atoms. The normalized spacial score (nSPS) is 14.8. The minimum absolute atomic E-state index is 0.0162. The lowest BCUT2D eigenvalue weighted by Crippen LogP contribution is -2.41. The maximum atomic E-state index is 13.6. The molecule has 0 spiro atoms. The Balaban J connectivity index is 1.37. The number of aryl methyl sites for hydroxylation is 1. The van der Waals surface area contributed by atoms with Crippen LogP contribution in [0.2, 0.25) is 0 Å². The lowest BCUT2D eigenvalue weighted by atomic mass is 10.0. The van der Waals surface area contributed by atoms with Crippen LogP contribution in [0.5, 0.6) is 11.5 Å². The molecule has 1 aliphatic heterocycles. The summed E-state index contributed by atoms with van der Waals surface area (Å²) in [5.74, 6) is 2.06. The zero-order chi connectivity index (χ0) is 21.1. The van der Waals surface area contributed by atoms with E-state index in [2.05, 4.69) is 16.5 Å². The first-order valence-corrected chi connectivity index (χ1v) is 10.3. The standard InChI is InChI=1S/C23H26FN3O3/c1-3-22-25-20-14-16(24)4-9-21(20)27(22)17-10-12-26(13-11-17)23(28)15-30-19-7-5-18(29-2)6-8-19/h4-9,14,17H,3,10-13,15H2,1-2H3. The van der Waals surface area contributed by atoms with Crippen LogP contribution in [0.25, 0.3) is 11.0 Å². The van der Waals surface area contributed by atoms with E-state index in [1.807, 2.05) is 4.90 Å². The Morgan fingerprint density at radius 1 is 1.13 bits per heavy atom. The number of halogens is 1. The SMILES string of the molecule is CCc1nc2cc(F)ccc2n1C1CCN(C(=O)COc2ccc(OC)cc2)CC1. The molecule has 0 radical (unpaired) electrons. The Bertz CT molecular complexity index is 1020. The van der Waals surface area contributed by atoms with E-state index in [0.717, 1.165) is 36.4 Å². The van der Waals surface area contributed by atoms with E-state index < -0.39 is 0 Å². The number of likely N-dealkylation sites (tertiary alicyclic amines) is 1. The summed E-state index contributed by atoms with van der Waals surface area (Å²) in [4.78, 5) is 19.0. The molecule has 1 amide bonds. The predicted molar refractivity (Wildman–Crippen MR) is 112 cm³/mol. The van der Waals surface area contributed by atoms with Crippen LogP contribution in [0.3, 0.4) is 0 Å². The summed E-state index contributed by atoms with van der Waals surface area (Å²) >= 11 is 0. The number of nitrogens with zero attached hydrogens (tertiary/aromatic N) is 3. The Labute approximate surface area is 175 Å². The fraction of sp³-hybridized carbons (Fsp3) is 0.391. The van der Waals surface area contributed by atoms with E-state index in [-0.39, 0.29) is 24.4 Å². The molecule has 0 aliphatic carbocycles. The summed E-state index contributed by atoms with van der Waals surface area (Å²) in [6, 6.07) is 12.2. The molecule has 4 rings (SSSR count). The van der Waals surface area contributed by atoms with Crippen LogP contribution in [0.4, 0.5) is 4.39 Å². The molecule has 3 aromatic rings. The fourth-order valence-corrected chi connectivity index (χ4v) is 4.06. The first-order valence-electron chi connectivity index (χ1n) is 10.3. The zero-order valence-corrected chi connectivity index (χ0v) is 17.3. The number of methoxy groups -OCH3 is 1. The monoisotopic (exact) mass is 411 g/mol. The van der Waals surface area contributed by atoms with Gasteiger partial charge in [-0.2, -0.15) is 0 Å². The van der Waals surface area contributed by atoms with Gasteiger partial charge in [0.2, 0.25) is 0 Å². The number of ether oxygens (including phenoxy) is 2. The van der Waals surface area contributed by atoms with Gasteiger partial charge in [-0.1, -0.05) is 6.92 Å². The molecule has 1 aliphatic rings. The lowest BCUT2D eigenvalue weighted by molar-refractivity contribution is -0.134. The average molecular weight is 411 g/mol. The first kappa shape index (κ1) is 20.2. The highest BCUT2D eigenvalue weighted by Gasteiger charge is 2.26. The highest BCUT2D eigenvalue weighted by atomic mass is 19.1. The Morgan fingerprint density at radius 3 is 2.50 bits per heavy atom. The summed E-state index contributed by atoms with van der Waals surface area (Å²) in [6.07, 6.45) is 2.46. The third-order valence-electron chi connectivity index (χ3n) is 5.64. The number of hydrogen-bond acceptors (Lipinski definition) is 4. The summed E-state index contributed by atoms with van der Waals surface area (Å²) in [5.41, 5.74) is 1.65. The van der Waals surface area contributed by atoms with Gasteiger partial charge in [-0.15, -0.1) is 0 Å². The maximum absolute atomic E-state index is 13.6. The second-order valence-electron chi connectivity index (χ2n) is 7.46. The molecule has 0 saturated carbocycles. The number of piperidine rings is 1. The quantitative estimate of drug-likeness (QED) is 0.616. The maximum Gasteiger partial charge on any atom is 0.260 e. The summed E-state index contributed by atoms with van der Waals surface area (Å²) in [6.45, 7) is 3.41. The summed E-state index contributed by atoms with van der Waals surface area (Å²) < 4.78 is 26.6. The van der Waals surface area contributed by atoms with Crippen molar-refractivity contribution in [2.75, 3.05) is 26.8 Å². The number of fused-ring (bicyclic) bond motifs is 1. The molecule has 30 heavy (non-hydrogen) atoms. The van der Waals surface area contributed by atoms with E-state index in [1.165, 1.54) is 12.1 Å². The van der Waals surface area contributed by atoms with Crippen LogP contribution >= 0.6 is 0 Å². The lowest BCUT2D eigenvalue weighted by Gasteiger charge is -2.33. The van der Waals surface area contributed by atoms with E-state index in [0.29, 0.717) is 24.4 Å². The number of carbonyl (C=O) groups is 1. The molecule has 0 N–H and O–H groups in total. The van der Waals surface area contributed by atoms with Crippen molar-refractivity contribution in [1.29, 1.82) is 0 Å². The van der Waals surface area contributed by atoms with Gasteiger partial charge in [0.15, 0.2) is 6.61 Å². The van der Waals surface area contributed by atoms with Crippen molar-refractivity contribution >= 4 is 16.9 Å². The van der Waals surface area contributed by atoms with E-state index in [4.69, 9.17) is 9.47 Å². The third-order valence-corrected chi connectivity index (χ3v) is 5.64. The third kappa shape index (κ3) is 4.10. The second kappa shape index (κ2) is 8.73. The molecule has 0 atom stereocenters. The van der Waals surface area contributed by atoms with E-state index in [9.17, 15) is 9.18 Å². The molecule has 1 saturated heterocycles. The van der Waals surface area contributed by atoms with Crippen molar-refractivity contribution < 1.29 is 18.7 Å². The van der Waals surface area contributed by atoms with Crippen molar-refractivity contribution in [1.82, 2.24) is 14.5 Å². The van der Waals surface area contributed by atoms with Crippen LogP contribution < -0.4 is 9.47 Å². The molecular formula is C23H26FN3O3. The summed E-state index contributed by atoms with van der Waals surface area (Å²) in [5, 5.41) is 0. The van der Waals surface area contributed by atoms with Crippen molar-refractivity contribution in [2.45, 2.75) is 32.2 Å². The van der Waals surface area contributed by atoms with E-state index in [1.54, 1.807) is 37.4 Å². The molecular weight excluding hydrogens is 385 g/mol. The Kier molecular flexibility index (Phi) is 5.88. The number of aromatic nitrogens is 2. The average Bonchev–Trinajstić information content (AvgIpc) is 3.15. The second-order valence-corrected chi connectivity index (χ2v) is 7.46. The number of imidazole rings is 1. The van der Waals surface area contributed by atoms with Crippen LogP contribution in [0.1, 0.15) is 31.6 Å². The van der Waals surface area contributed by atoms with Gasteiger partial charge in [-0.25, -0.2) is 9.37 Å². The zero-order valence-electron chi connectivity index (χ0n) is 17.3. The van der Waals surface area contributed by atoms with Gasteiger partial charge in [0, 0.05) is 31.6 Å². The van der Waals surface area contributed by atoms with Gasteiger partial charge in [-0.3, -0.25) is 4.79 Å². The van der Waals surface area contributed by atoms with Crippen molar-refractivity contribution in [2.24, 2.45) is 0 Å². The number of benzene rings is 2. The number of rotatable bonds is 6. The highest BCUT2D eigenvalue weighted by molar-refractivity contribution is 5.78. The van der Waals surface area contributed by atoms with Crippen molar-refractivity contribution in [3.63, 3.8) is 0 Å². The molecule has 0 unspecified atom stereocenters. The van der Waals surface area contributed by atoms with Gasteiger partial charge in [-0.05, 0) is 49.2 Å². The smallest absolute Gasteiger partial charge is 0.260 e. The van der Waals surface area contributed by atoms with Gasteiger partial charge in [0.25, 0.3) is 5.91 Å². The van der Waals surface area contributed by atoms with Crippen LogP contribution in [0.15, 0.2) is 42.5 Å². The van der Waals surface area contributed by atoms with E-state index >= 15 is 0 Å². The molecule has 7 heteroatoms. The Morgan fingerprint density at radius 2 is 1.83 bits per heavy atom. The minimum atomic E-state index is -0.271. The minimum Gasteiger partial charge on any atom is -0.497 e. The molecule has 2 aromatic carbocycles. The molecule has 6 nitrogen and oxygen atoms in total. The van der Waals surface area contributed by atoms with Gasteiger partial charge in [0.1, 0.15) is 23.1 Å². The highest BCUT2D eigenvalue weighted by Crippen LogP contribution is 2.29. The van der Waals surface area contributed by atoms with Crippen LogP contribution in [-0.4, -0.2) is 47.2 Å². The topological polar surface area (TPSA) is 56.6 Å². The van der Waals surface area contributed by atoms with Crippen LogP contribution in [0, 0.1) is 5.82 Å². The predicted octanol–water partition coefficient (Wildman–Crippen LogP) is 3.99. The van der Waals surface area contributed by atoms with Crippen molar-refractivity contribution in [3.05, 3.63) is 54.1 Å². The van der Waals surface area contributed by atoms with Crippen LogP contribution in [-0.2, 0) is 11.2 Å². The first-order chi connectivity index (χ1) is 14.6. The van der Waals surface area contributed by atoms with Crippen molar-refractivity contribution in [3.8, 4) is 11.5 Å². The number of amides is 1. The number of carbonyl (C=O) groups excluding carboxylic acids is 1. The Hall–Kier alpha value is -3.09. The molecule has 1 fully saturated rings. The fourth-order valence-electron chi connectivity index (χ4n) is 4.06.